The summed E-state index contributed by atoms with van der Waals surface area (Å²) in [7, 11) is 0.313. The minimum Gasteiger partial charge on any atom is -0.497 e. The molecule has 0 saturated heterocycles. The van der Waals surface area contributed by atoms with Crippen molar-refractivity contribution >= 4 is 32.9 Å². The number of aliphatic hydroxyl groups is 2. The van der Waals surface area contributed by atoms with Crippen LogP contribution in [0.3, 0.4) is 0 Å². The first kappa shape index (κ1) is 32.0. The molecule has 2 aromatic carbocycles. The van der Waals surface area contributed by atoms with Crippen molar-refractivity contribution in [1.82, 2.24) is 18.5 Å². The topological polar surface area (TPSA) is 141 Å². The minimum absolute atomic E-state index is 0.109. The zero-order chi connectivity index (χ0) is 31.6. The van der Waals surface area contributed by atoms with Crippen molar-refractivity contribution in [2.24, 2.45) is 5.92 Å². The molecule has 1 aliphatic heterocycles. The molecule has 11 nitrogen and oxygen atoms in total. The summed E-state index contributed by atoms with van der Waals surface area (Å²) in [5, 5.41) is 20.3. The first-order valence-corrected chi connectivity index (χ1v) is 16.6. The van der Waals surface area contributed by atoms with Crippen molar-refractivity contribution in [1.29, 1.82) is 0 Å². The number of carbonyl (C=O) groups excluding carboxylic acids is 2. The van der Waals surface area contributed by atoms with Gasteiger partial charge in [-0.2, -0.15) is 12.7 Å². The largest absolute Gasteiger partial charge is 0.497 e. The molecule has 2 aliphatic rings. The maximum atomic E-state index is 14.0. The second kappa shape index (κ2) is 13.3. The Balaban J connectivity index is 1.73. The Morgan fingerprint density at radius 2 is 1.73 bits per heavy atom. The Morgan fingerprint density at radius 3 is 2.36 bits per heavy atom. The molecule has 0 radical (unpaired) electrons. The van der Waals surface area contributed by atoms with Crippen LogP contribution in [-0.4, -0.2) is 91.7 Å². The van der Waals surface area contributed by atoms with Gasteiger partial charge < -0.3 is 24.4 Å². The maximum absolute atomic E-state index is 14.0. The highest BCUT2D eigenvalue weighted by Crippen LogP contribution is 2.47. The summed E-state index contributed by atoms with van der Waals surface area (Å²) in [6.45, 7) is 0.0839. The number of amides is 2. The van der Waals surface area contributed by atoms with Gasteiger partial charge in [0.15, 0.2) is 0 Å². The fraction of sp³-hybridized carbons (Fsp3) is 0.500. The van der Waals surface area contributed by atoms with Crippen molar-refractivity contribution < 1.29 is 33.0 Å². The molecule has 238 valence electrons. The smallest absolute Gasteiger partial charge is 0.303 e. The molecule has 1 atom stereocenters. The molecule has 3 aromatic rings. The van der Waals surface area contributed by atoms with Gasteiger partial charge in [0.25, 0.3) is 5.91 Å². The van der Waals surface area contributed by atoms with Crippen LogP contribution in [0.5, 0.6) is 5.75 Å². The standard InChI is InChI=1S/C32H42N4O7S/c1-34(2)44(41,42)33-31(39)22-9-11-27-28(19-22)36-20-24(32(40)35(13-15-37)14-16-38)17-23-18-25(43-3)10-12-26(23)30(36)29(27)21-7-5-4-6-8-21/h9-12,18-19,21,24,37-38H,4-8,13-17,20H2,1-3H3,(H,33,39). The summed E-state index contributed by atoms with van der Waals surface area (Å²) in [6.07, 6.45) is 5.91. The fourth-order valence-corrected chi connectivity index (χ4v) is 7.25. The molecule has 2 heterocycles. The summed E-state index contributed by atoms with van der Waals surface area (Å²) in [4.78, 5) is 28.6. The fourth-order valence-electron chi connectivity index (χ4n) is 6.71. The summed E-state index contributed by atoms with van der Waals surface area (Å²) < 4.78 is 35.6. The third kappa shape index (κ3) is 6.21. The van der Waals surface area contributed by atoms with Gasteiger partial charge in [-0.25, -0.2) is 4.72 Å². The molecular formula is C32H42N4O7S. The van der Waals surface area contributed by atoms with Crippen LogP contribution in [-0.2, 0) is 28.0 Å². The minimum atomic E-state index is -4.00. The predicted octanol–water partition coefficient (Wildman–Crippen LogP) is 2.89. The van der Waals surface area contributed by atoms with Crippen LogP contribution < -0.4 is 9.46 Å². The van der Waals surface area contributed by atoms with Crippen molar-refractivity contribution in [2.75, 3.05) is 47.5 Å². The average Bonchev–Trinajstić information content (AvgIpc) is 3.22. The lowest BCUT2D eigenvalue weighted by molar-refractivity contribution is -0.137. The number of nitrogens with zero attached hydrogens (tertiary/aromatic N) is 3. The number of rotatable bonds is 10. The highest BCUT2D eigenvalue weighted by molar-refractivity contribution is 7.87. The third-order valence-electron chi connectivity index (χ3n) is 8.92. The van der Waals surface area contributed by atoms with E-state index >= 15 is 0 Å². The number of nitrogens with one attached hydrogen (secondary N) is 1. The Morgan fingerprint density at radius 1 is 1.02 bits per heavy atom. The first-order chi connectivity index (χ1) is 21.1. The zero-order valence-corrected chi connectivity index (χ0v) is 26.4. The number of fused-ring (bicyclic) bond motifs is 5. The van der Waals surface area contributed by atoms with Gasteiger partial charge in [0, 0.05) is 55.8 Å². The van der Waals surface area contributed by atoms with E-state index < -0.39 is 22.0 Å². The van der Waals surface area contributed by atoms with E-state index in [-0.39, 0.29) is 37.8 Å². The van der Waals surface area contributed by atoms with E-state index in [1.54, 1.807) is 19.2 Å². The summed E-state index contributed by atoms with van der Waals surface area (Å²) >= 11 is 0. The highest BCUT2D eigenvalue weighted by Gasteiger charge is 2.35. The molecule has 1 unspecified atom stereocenters. The predicted molar refractivity (Wildman–Crippen MR) is 168 cm³/mol. The molecule has 3 N–H and O–H groups in total. The van der Waals surface area contributed by atoms with E-state index in [9.17, 15) is 28.2 Å². The quantitative estimate of drug-likeness (QED) is 0.314. The van der Waals surface area contributed by atoms with Gasteiger partial charge in [-0.15, -0.1) is 0 Å². The second-order valence-electron chi connectivity index (χ2n) is 11.9. The molecule has 5 rings (SSSR count). The van der Waals surface area contributed by atoms with Crippen LogP contribution in [0.1, 0.15) is 59.5 Å². The lowest BCUT2D eigenvalue weighted by Crippen LogP contribution is -2.41. The van der Waals surface area contributed by atoms with E-state index in [1.165, 1.54) is 31.0 Å². The van der Waals surface area contributed by atoms with Gasteiger partial charge in [0.2, 0.25) is 5.91 Å². The highest BCUT2D eigenvalue weighted by atomic mass is 32.2. The van der Waals surface area contributed by atoms with Crippen LogP contribution in [0, 0.1) is 5.92 Å². The molecule has 0 spiro atoms. The molecule has 44 heavy (non-hydrogen) atoms. The number of aromatic nitrogens is 1. The van der Waals surface area contributed by atoms with Crippen LogP contribution in [0.25, 0.3) is 22.2 Å². The Hall–Kier alpha value is -3.45. The Labute approximate surface area is 258 Å². The van der Waals surface area contributed by atoms with Gasteiger partial charge in [-0.3, -0.25) is 9.59 Å². The van der Waals surface area contributed by atoms with Crippen LogP contribution in [0.15, 0.2) is 36.4 Å². The average molecular weight is 627 g/mol. The number of methoxy groups -OCH3 is 1. The van der Waals surface area contributed by atoms with E-state index in [0.717, 1.165) is 57.7 Å². The van der Waals surface area contributed by atoms with E-state index in [1.807, 2.05) is 24.3 Å². The molecule has 1 aliphatic carbocycles. The Bertz CT molecular complexity index is 1640. The van der Waals surface area contributed by atoms with Gasteiger partial charge in [-0.05, 0) is 66.6 Å². The molecular weight excluding hydrogens is 584 g/mol. The Kier molecular flexibility index (Phi) is 9.64. The van der Waals surface area contributed by atoms with Crippen LogP contribution in [0.2, 0.25) is 0 Å². The summed E-state index contributed by atoms with van der Waals surface area (Å²) in [5.74, 6) is -0.469. The van der Waals surface area contributed by atoms with Crippen molar-refractivity contribution in [2.45, 2.75) is 51.0 Å². The lowest BCUT2D eigenvalue weighted by atomic mass is 9.81. The monoisotopic (exact) mass is 626 g/mol. The SMILES string of the molecule is COc1ccc2c(c1)CC(C(=O)N(CCO)CCO)Cn1c-2c(C2CCCCC2)c2ccc(C(=O)NS(=O)(=O)N(C)C)cc21. The van der Waals surface area contributed by atoms with Crippen molar-refractivity contribution in [3.8, 4) is 17.0 Å². The number of hydrogen-bond acceptors (Lipinski definition) is 7. The summed E-state index contributed by atoms with van der Waals surface area (Å²) in [5.41, 5.74) is 5.11. The normalized spacial score (nSPS) is 17.2. The van der Waals surface area contributed by atoms with Crippen LogP contribution in [0.4, 0.5) is 0 Å². The number of hydrogen-bond donors (Lipinski definition) is 3. The number of ether oxygens (including phenoxy) is 1. The van der Waals surface area contributed by atoms with E-state index in [2.05, 4.69) is 9.29 Å². The number of aliphatic hydroxyl groups excluding tert-OH is 2. The third-order valence-corrected chi connectivity index (χ3v) is 10.3. The molecule has 1 aromatic heterocycles. The number of benzene rings is 2. The van der Waals surface area contributed by atoms with Gasteiger partial charge in [-0.1, -0.05) is 25.3 Å². The van der Waals surface area contributed by atoms with E-state index in [0.29, 0.717) is 24.6 Å². The second-order valence-corrected chi connectivity index (χ2v) is 13.7. The molecule has 1 saturated carbocycles. The van der Waals surface area contributed by atoms with Gasteiger partial charge >= 0.3 is 10.2 Å². The molecule has 0 bridgehead atoms. The summed E-state index contributed by atoms with van der Waals surface area (Å²) in [6, 6.07) is 11.2. The van der Waals surface area contributed by atoms with Gasteiger partial charge in [0.1, 0.15) is 5.75 Å². The first-order valence-electron chi connectivity index (χ1n) is 15.2. The van der Waals surface area contributed by atoms with Gasteiger partial charge in [0.05, 0.1) is 31.9 Å². The molecule has 1 fully saturated rings. The van der Waals surface area contributed by atoms with E-state index in [4.69, 9.17) is 4.74 Å². The number of carbonyl (C=O) groups is 2. The zero-order valence-electron chi connectivity index (χ0n) is 25.6. The molecule has 12 heteroatoms. The molecule has 2 amide bonds. The van der Waals surface area contributed by atoms with Crippen molar-refractivity contribution in [3.05, 3.63) is 53.1 Å². The van der Waals surface area contributed by atoms with Crippen LogP contribution >= 0.6 is 0 Å². The lowest BCUT2D eigenvalue weighted by Gasteiger charge is -2.26. The maximum Gasteiger partial charge on any atom is 0.303 e. The van der Waals surface area contributed by atoms with Crippen molar-refractivity contribution in [3.63, 3.8) is 0 Å².